The van der Waals surface area contributed by atoms with Crippen molar-refractivity contribution in [1.82, 2.24) is 10.4 Å². The zero-order chi connectivity index (χ0) is 17.6. The number of hydrogen-bond acceptors (Lipinski definition) is 3. The van der Waals surface area contributed by atoms with Gasteiger partial charge in [0.15, 0.2) is 0 Å². The smallest absolute Gasteiger partial charge is 0.239 e. The van der Waals surface area contributed by atoms with Crippen LogP contribution in [0, 0.1) is 0 Å². The molecule has 1 aliphatic heterocycles. The highest BCUT2D eigenvalue weighted by molar-refractivity contribution is 9.10. The van der Waals surface area contributed by atoms with Gasteiger partial charge in [0.05, 0.1) is 13.2 Å². The van der Waals surface area contributed by atoms with E-state index in [0.29, 0.717) is 19.7 Å². The molecule has 0 spiro atoms. The Bertz CT molecular complexity index is 725. The summed E-state index contributed by atoms with van der Waals surface area (Å²) in [6, 6.07) is 16.2. The number of carbonyl (C=O) groups excluding carboxylic acids is 1. The molecule has 1 N–H and O–H groups in total. The number of carbonyl (C=O) groups is 1. The summed E-state index contributed by atoms with van der Waals surface area (Å²) in [7, 11) is 0. The van der Waals surface area contributed by atoms with Gasteiger partial charge in [-0.15, -0.1) is 6.58 Å². The van der Waals surface area contributed by atoms with E-state index in [4.69, 9.17) is 4.84 Å². The highest BCUT2D eigenvalue weighted by Gasteiger charge is 2.31. The van der Waals surface area contributed by atoms with Crippen molar-refractivity contribution >= 4 is 21.8 Å². The Morgan fingerprint density at radius 2 is 1.96 bits per heavy atom. The number of halogens is 1. The van der Waals surface area contributed by atoms with E-state index >= 15 is 0 Å². The third-order valence-electron chi connectivity index (χ3n) is 4.17. The van der Waals surface area contributed by atoms with Crippen LogP contribution in [-0.2, 0) is 16.2 Å². The van der Waals surface area contributed by atoms with Gasteiger partial charge in [0.2, 0.25) is 5.91 Å². The molecule has 1 heterocycles. The molecule has 4 nitrogen and oxygen atoms in total. The van der Waals surface area contributed by atoms with Crippen molar-refractivity contribution in [3.05, 3.63) is 71.2 Å². The SMILES string of the molecule is C=CCON(Cc1cccc(Br)c1)C1CCNC1=O.c1cc2ccc1-2. The van der Waals surface area contributed by atoms with E-state index in [0.717, 1.165) is 16.5 Å². The van der Waals surface area contributed by atoms with Crippen LogP contribution in [0.25, 0.3) is 11.1 Å². The summed E-state index contributed by atoms with van der Waals surface area (Å²) in [5.74, 6) is 0.0269. The molecule has 5 heteroatoms. The Kier molecular flexibility index (Phi) is 6.02. The molecule has 2 aliphatic carbocycles. The molecule has 25 heavy (non-hydrogen) atoms. The minimum atomic E-state index is -0.223. The van der Waals surface area contributed by atoms with Crippen LogP contribution in [0.3, 0.4) is 0 Å². The number of rotatable bonds is 6. The second-order valence-electron chi connectivity index (χ2n) is 5.96. The maximum atomic E-state index is 11.8. The maximum absolute atomic E-state index is 11.8. The van der Waals surface area contributed by atoms with Crippen molar-refractivity contribution in [3.63, 3.8) is 0 Å². The summed E-state index contributed by atoms with van der Waals surface area (Å²) in [6.45, 7) is 5.32. The third kappa shape index (κ3) is 4.57. The molecule has 1 amide bonds. The average Bonchev–Trinajstić information content (AvgIpc) is 3.01. The van der Waals surface area contributed by atoms with E-state index in [1.54, 1.807) is 11.1 Å². The quantitative estimate of drug-likeness (QED) is 0.503. The van der Waals surface area contributed by atoms with Gasteiger partial charge in [-0.3, -0.25) is 9.63 Å². The van der Waals surface area contributed by atoms with Crippen molar-refractivity contribution < 1.29 is 9.63 Å². The molecule has 3 aliphatic rings. The lowest BCUT2D eigenvalue weighted by Crippen LogP contribution is -2.40. The van der Waals surface area contributed by atoms with E-state index < -0.39 is 0 Å². The molecule has 1 aromatic carbocycles. The van der Waals surface area contributed by atoms with Gasteiger partial charge in [-0.2, -0.15) is 5.06 Å². The van der Waals surface area contributed by atoms with E-state index in [1.807, 2.05) is 24.3 Å². The molecule has 1 saturated heterocycles. The van der Waals surface area contributed by atoms with Gasteiger partial charge in [0.1, 0.15) is 6.04 Å². The van der Waals surface area contributed by atoms with Crippen LogP contribution in [0.15, 0.2) is 65.7 Å². The van der Waals surface area contributed by atoms with Gasteiger partial charge in [-0.05, 0) is 35.2 Å². The first kappa shape index (κ1) is 17.9. The van der Waals surface area contributed by atoms with E-state index in [2.05, 4.69) is 52.1 Å². The molecule has 0 radical (unpaired) electrons. The lowest BCUT2D eigenvalue weighted by molar-refractivity contribution is -0.186. The summed E-state index contributed by atoms with van der Waals surface area (Å²) in [6.07, 6.45) is 2.45. The highest BCUT2D eigenvalue weighted by atomic mass is 79.9. The first-order valence-electron chi connectivity index (χ1n) is 8.30. The second kappa shape index (κ2) is 8.43. The fourth-order valence-electron chi connectivity index (χ4n) is 2.73. The number of hydroxylamine groups is 2. The Labute approximate surface area is 156 Å². The van der Waals surface area contributed by atoms with E-state index in [9.17, 15) is 4.79 Å². The minimum Gasteiger partial charge on any atom is -0.355 e. The first-order valence-corrected chi connectivity index (χ1v) is 9.10. The maximum Gasteiger partial charge on any atom is 0.239 e. The van der Waals surface area contributed by atoms with Crippen LogP contribution >= 0.6 is 15.9 Å². The average molecular weight is 401 g/mol. The fourth-order valence-corrected chi connectivity index (χ4v) is 3.17. The standard InChI is InChI=1S/C14H17BrN2O2.C6H4/c1-2-8-19-17(13-6-7-16-14(13)18)10-11-4-3-5-12(15)9-11;1-2-6-4-3-5(1)6/h2-5,9,13H,1,6-8,10H2,(H,16,18);1-4H. The van der Waals surface area contributed by atoms with Crippen LogP contribution in [0.1, 0.15) is 12.0 Å². The fraction of sp³-hybridized carbons (Fsp3) is 0.250. The molecule has 1 atom stereocenters. The number of hydrogen-bond donors (Lipinski definition) is 1. The number of nitrogens with one attached hydrogen (secondary N) is 1. The van der Waals surface area contributed by atoms with Gasteiger partial charge in [0.25, 0.3) is 0 Å². The van der Waals surface area contributed by atoms with Gasteiger partial charge in [0, 0.05) is 11.0 Å². The Morgan fingerprint density at radius 3 is 2.44 bits per heavy atom. The summed E-state index contributed by atoms with van der Waals surface area (Å²) in [5, 5.41) is 4.57. The van der Waals surface area contributed by atoms with Crippen LogP contribution in [0.4, 0.5) is 0 Å². The van der Waals surface area contributed by atoms with Crippen molar-refractivity contribution in [2.75, 3.05) is 13.2 Å². The Hall–Kier alpha value is -1.95. The monoisotopic (exact) mass is 400 g/mol. The number of fused-ring (bicyclic) bond motifs is 1. The first-order chi connectivity index (χ1) is 12.2. The van der Waals surface area contributed by atoms with Crippen molar-refractivity contribution in [3.8, 4) is 11.1 Å². The molecular formula is C20H21BrN2O2. The summed E-state index contributed by atoms with van der Waals surface area (Å²) >= 11 is 3.45. The molecule has 1 unspecified atom stereocenters. The van der Waals surface area contributed by atoms with Gasteiger partial charge >= 0.3 is 0 Å². The topological polar surface area (TPSA) is 41.6 Å². The molecule has 0 saturated carbocycles. The second-order valence-corrected chi connectivity index (χ2v) is 6.88. The molecular weight excluding hydrogens is 380 g/mol. The third-order valence-corrected chi connectivity index (χ3v) is 4.66. The van der Waals surface area contributed by atoms with Crippen LogP contribution in [-0.4, -0.2) is 30.2 Å². The van der Waals surface area contributed by atoms with Crippen LogP contribution < -0.4 is 5.32 Å². The lowest BCUT2D eigenvalue weighted by Gasteiger charge is -2.25. The molecule has 4 rings (SSSR count). The molecule has 130 valence electrons. The highest BCUT2D eigenvalue weighted by Crippen LogP contribution is 2.29. The Balaban J connectivity index is 0.000000250. The van der Waals surface area contributed by atoms with Crippen LogP contribution in [0.5, 0.6) is 0 Å². The molecule has 1 aromatic rings. The summed E-state index contributed by atoms with van der Waals surface area (Å²) in [5.41, 5.74) is 3.95. The van der Waals surface area contributed by atoms with Gasteiger partial charge < -0.3 is 5.32 Å². The van der Waals surface area contributed by atoms with Crippen molar-refractivity contribution in [2.24, 2.45) is 0 Å². The number of amides is 1. The zero-order valence-corrected chi connectivity index (χ0v) is 15.5. The lowest BCUT2D eigenvalue weighted by atomic mass is 9.95. The molecule has 1 fully saturated rings. The Morgan fingerprint density at radius 1 is 1.24 bits per heavy atom. The van der Waals surface area contributed by atoms with Crippen molar-refractivity contribution in [1.29, 1.82) is 0 Å². The largest absolute Gasteiger partial charge is 0.355 e. The summed E-state index contributed by atoms with van der Waals surface area (Å²) < 4.78 is 1.02. The number of benzene rings is 2. The van der Waals surface area contributed by atoms with E-state index in [-0.39, 0.29) is 11.9 Å². The summed E-state index contributed by atoms with van der Waals surface area (Å²) in [4.78, 5) is 17.4. The molecule has 0 aromatic heterocycles. The molecule has 0 bridgehead atoms. The van der Waals surface area contributed by atoms with Crippen molar-refractivity contribution in [2.45, 2.75) is 19.0 Å². The minimum absolute atomic E-state index is 0.0269. The van der Waals surface area contributed by atoms with Gasteiger partial charge in [-0.25, -0.2) is 0 Å². The van der Waals surface area contributed by atoms with Gasteiger partial charge in [-0.1, -0.05) is 58.4 Å². The number of nitrogens with zero attached hydrogens (tertiary/aromatic N) is 1. The predicted molar refractivity (Wildman–Crippen MR) is 103 cm³/mol. The zero-order valence-electron chi connectivity index (χ0n) is 14.0. The van der Waals surface area contributed by atoms with E-state index in [1.165, 1.54) is 11.1 Å². The predicted octanol–water partition coefficient (Wildman–Crippen LogP) is 3.92. The normalized spacial score (nSPS) is 16.9. The van der Waals surface area contributed by atoms with Crippen LogP contribution in [0.2, 0.25) is 0 Å².